The molecule has 9 heteroatoms. The van der Waals surface area contributed by atoms with Crippen LogP contribution in [0.3, 0.4) is 0 Å². The number of hydrogen-bond acceptors (Lipinski definition) is 7. The zero-order valence-corrected chi connectivity index (χ0v) is 20.2. The van der Waals surface area contributed by atoms with Crippen molar-refractivity contribution in [3.63, 3.8) is 0 Å². The van der Waals surface area contributed by atoms with Crippen LogP contribution in [0.2, 0.25) is 0 Å². The SMILES string of the molecule is CCc1cc2ncc(CN3CCN(c4ccc(C(=O)NNc5ccccc5)nc4)CC3)cc2[nH]c1=O. The quantitative estimate of drug-likeness (QED) is 0.347. The second-order valence-electron chi connectivity index (χ2n) is 8.86. The van der Waals surface area contributed by atoms with E-state index in [9.17, 15) is 9.59 Å². The number of pyridine rings is 3. The van der Waals surface area contributed by atoms with E-state index < -0.39 is 0 Å². The molecule has 1 aromatic carbocycles. The smallest absolute Gasteiger partial charge is 0.288 e. The molecule has 0 unspecified atom stereocenters. The van der Waals surface area contributed by atoms with Crippen molar-refractivity contribution < 1.29 is 4.79 Å². The predicted molar refractivity (Wildman–Crippen MR) is 141 cm³/mol. The molecule has 3 N–H and O–H groups in total. The summed E-state index contributed by atoms with van der Waals surface area (Å²) in [6.45, 7) is 6.26. The molecule has 0 atom stereocenters. The van der Waals surface area contributed by atoms with Crippen molar-refractivity contribution in [1.29, 1.82) is 0 Å². The number of amides is 1. The van der Waals surface area contributed by atoms with Crippen LogP contribution in [0, 0.1) is 0 Å². The van der Waals surface area contributed by atoms with E-state index in [0.29, 0.717) is 12.1 Å². The fourth-order valence-corrected chi connectivity index (χ4v) is 4.36. The molecule has 0 saturated carbocycles. The van der Waals surface area contributed by atoms with Gasteiger partial charge in [-0.3, -0.25) is 30.3 Å². The molecule has 1 saturated heterocycles. The van der Waals surface area contributed by atoms with Crippen LogP contribution in [0.5, 0.6) is 0 Å². The summed E-state index contributed by atoms with van der Waals surface area (Å²) < 4.78 is 0. The summed E-state index contributed by atoms with van der Waals surface area (Å²) in [6.07, 6.45) is 4.34. The van der Waals surface area contributed by atoms with Gasteiger partial charge >= 0.3 is 0 Å². The van der Waals surface area contributed by atoms with Crippen LogP contribution >= 0.6 is 0 Å². The maximum absolute atomic E-state index is 12.4. The van der Waals surface area contributed by atoms with Gasteiger partial charge in [-0.15, -0.1) is 0 Å². The topological polar surface area (TPSA) is 106 Å². The number of fused-ring (bicyclic) bond motifs is 1. The second kappa shape index (κ2) is 10.6. The first kappa shape index (κ1) is 23.5. The van der Waals surface area contributed by atoms with Gasteiger partial charge in [0.05, 0.1) is 28.6 Å². The van der Waals surface area contributed by atoms with Gasteiger partial charge in [-0.1, -0.05) is 25.1 Å². The monoisotopic (exact) mass is 483 g/mol. The van der Waals surface area contributed by atoms with Crippen molar-refractivity contribution in [3.05, 3.63) is 94.2 Å². The molecule has 1 aliphatic rings. The molecule has 4 aromatic rings. The van der Waals surface area contributed by atoms with Gasteiger partial charge in [0.1, 0.15) is 5.69 Å². The number of carbonyl (C=O) groups excluding carboxylic acids is 1. The van der Waals surface area contributed by atoms with Crippen LogP contribution in [0.25, 0.3) is 11.0 Å². The van der Waals surface area contributed by atoms with E-state index in [1.54, 1.807) is 12.3 Å². The van der Waals surface area contributed by atoms with Gasteiger partial charge in [-0.05, 0) is 48.4 Å². The molecule has 0 aliphatic carbocycles. The molecule has 3 aromatic heterocycles. The van der Waals surface area contributed by atoms with Gasteiger partial charge in [0.25, 0.3) is 11.5 Å². The predicted octanol–water partition coefficient (Wildman–Crippen LogP) is 2.96. The van der Waals surface area contributed by atoms with E-state index >= 15 is 0 Å². The summed E-state index contributed by atoms with van der Waals surface area (Å²) >= 11 is 0. The number of anilines is 2. The number of carbonyl (C=O) groups is 1. The minimum atomic E-state index is -0.286. The molecular weight excluding hydrogens is 454 g/mol. The number of aromatic amines is 1. The summed E-state index contributed by atoms with van der Waals surface area (Å²) in [5.74, 6) is -0.286. The second-order valence-corrected chi connectivity index (χ2v) is 8.86. The fourth-order valence-electron chi connectivity index (χ4n) is 4.36. The summed E-state index contributed by atoms with van der Waals surface area (Å²) in [5, 5.41) is 0. The number of piperazine rings is 1. The average molecular weight is 484 g/mol. The van der Waals surface area contributed by atoms with Crippen molar-refractivity contribution in [1.82, 2.24) is 25.3 Å². The molecule has 1 aliphatic heterocycles. The van der Waals surface area contributed by atoms with E-state index in [1.807, 2.05) is 61.7 Å². The normalized spacial score (nSPS) is 14.1. The lowest BCUT2D eigenvalue weighted by Gasteiger charge is -2.36. The summed E-state index contributed by atoms with van der Waals surface area (Å²) in [4.78, 5) is 41.1. The van der Waals surface area contributed by atoms with Gasteiger partial charge < -0.3 is 9.88 Å². The Hall–Kier alpha value is -4.24. The summed E-state index contributed by atoms with van der Waals surface area (Å²) in [5.41, 5.74) is 11.1. The van der Waals surface area contributed by atoms with E-state index in [1.165, 1.54) is 0 Å². The Morgan fingerprint density at radius 1 is 1.00 bits per heavy atom. The highest BCUT2D eigenvalue weighted by Crippen LogP contribution is 2.18. The number of aryl methyl sites for hydroxylation is 1. The Morgan fingerprint density at radius 2 is 1.81 bits per heavy atom. The third-order valence-electron chi connectivity index (χ3n) is 6.43. The fraction of sp³-hybridized carbons (Fsp3) is 0.259. The van der Waals surface area contributed by atoms with E-state index in [-0.39, 0.29) is 11.5 Å². The van der Waals surface area contributed by atoms with Crippen molar-refractivity contribution in [2.75, 3.05) is 36.5 Å². The van der Waals surface area contributed by atoms with Crippen molar-refractivity contribution in [2.24, 2.45) is 0 Å². The maximum Gasteiger partial charge on any atom is 0.288 e. The Labute approximate surface area is 209 Å². The minimum Gasteiger partial charge on any atom is -0.368 e. The first-order chi connectivity index (χ1) is 17.6. The highest BCUT2D eigenvalue weighted by atomic mass is 16.2. The van der Waals surface area contributed by atoms with Crippen LogP contribution in [0.4, 0.5) is 11.4 Å². The number of aromatic nitrogens is 3. The van der Waals surface area contributed by atoms with E-state index in [2.05, 4.69) is 35.6 Å². The lowest BCUT2D eigenvalue weighted by molar-refractivity contribution is 0.0958. The minimum absolute atomic E-state index is 0.0397. The summed E-state index contributed by atoms with van der Waals surface area (Å²) in [7, 11) is 0. The number of rotatable bonds is 7. The molecule has 0 bridgehead atoms. The number of hydrazine groups is 1. The Bertz CT molecular complexity index is 1400. The van der Waals surface area contributed by atoms with Crippen molar-refractivity contribution in [2.45, 2.75) is 19.9 Å². The molecule has 5 rings (SSSR count). The first-order valence-corrected chi connectivity index (χ1v) is 12.1. The number of para-hydroxylation sites is 1. The third kappa shape index (κ3) is 5.36. The van der Waals surface area contributed by atoms with Crippen molar-refractivity contribution in [3.8, 4) is 0 Å². The lowest BCUT2D eigenvalue weighted by Crippen LogP contribution is -2.46. The number of H-pyrrole nitrogens is 1. The third-order valence-corrected chi connectivity index (χ3v) is 6.43. The number of nitrogens with one attached hydrogen (secondary N) is 3. The number of hydrogen-bond donors (Lipinski definition) is 3. The molecular formula is C27H29N7O2. The van der Waals surface area contributed by atoms with Gasteiger partial charge in [-0.2, -0.15) is 0 Å². The van der Waals surface area contributed by atoms with Crippen LogP contribution in [-0.2, 0) is 13.0 Å². The lowest BCUT2D eigenvalue weighted by atomic mass is 10.1. The molecule has 184 valence electrons. The van der Waals surface area contributed by atoms with E-state index in [0.717, 1.165) is 66.3 Å². The molecule has 1 amide bonds. The Morgan fingerprint density at radius 3 is 2.53 bits per heavy atom. The number of nitrogens with zero attached hydrogens (tertiary/aromatic N) is 4. The maximum atomic E-state index is 12.4. The highest BCUT2D eigenvalue weighted by molar-refractivity contribution is 5.93. The van der Waals surface area contributed by atoms with E-state index in [4.69, 9.17) is 0 Å². The van der Waals surface area contributed by atoms with Crippen LogP contribution < -0.4 is 21.3 Å². The Balaban J connectivity index is 1.14. The van der Waals surface area contributed by atoms with Gasteiger partial charge in [0.15, 0.2) is 0 Å². The summed E-state index contributed by atoms with van der Waals surface area (Å²) in [6, 6.07) is 17.0. The largest absolute Gasteiger partial charge is 0.368 e. The van der Waals surface area contributed by atoms with Crippen LogP contribution in [0.15, 0.2) is 71.8 Å². The van der Waals surface area contributed by atoms with Gasteiger partial charge in [-0.25, -0.2) is 4.98 Å². The number of benzene rings is 1. The standard InChI is InChI=1S/C27H29N7O2/c1-2-20-15-24-25(30-26(20)35)14-19(16-28-24)18-33-10-12-34(13-11-33)22-8-9-23(29-17-22)27(36)32-31-21-6-4-3-5-7-21/h3-9,14-17,31H,2,10-13,18H2,1H3,(H,30,35)(H,32,36). The first-order valence-electron chi connectivity index (χ1n) is 12.1. The average Bonchev–Trinajstić information content (AvgIpc) is 2.92. The zero-order chi connectivity index (χ0) is 24.9. The molecule has 9 nitrogen and oxygen atoms in total. The highest BCUT2D eigenvalue weighted by Gasteiger charge is 2.18. The van der Waals surface area contributed by atoms with Crippen LogP contribution in [0.1, 0.15) is 28.5 Å². The molecule has 1 fully saturated rings. The molecule has 36 heavy (non-hydrogen) atoms. The van der Waals surface area contributed by atoms with Gasteiger partial charge in [0.2, 0.25) is 0 Å². The Kier molecular flexibility index (Phi) is 6.90. The zero-order valence-electron chi connectivity index (χ0n) is 20.2. The molecule has 0 spiro atoms. The molecule has 0 radical (unpaired) electrons. The van der Waals surface area contributed by atoms with Crippen molar-refractivity contribution >= 4 is 28.3 Å². The van der Waals surface area contributed by atoms with Gasteiger partial charge in [0, 0.05) is 44.5 Å². The van der Waals surface area contributed by atoms with Crippen LogP contribution in [-0.4, -0.2) is 51.9 Å². The molecule has 4 heterocycles.